The molecule has 0 aromatic rings. The first kappa shape index (κ1) is 14.3. The number of hydrogen-bond donors (Lipinski definition) is 0. The summed E-state index contributed by atoms with van der Waals surface area (Å²) in [6.07, 6.45) is 5.09. The fraction of sp³-hybridized carbons (Fsp3) is 0.857. The number of carbonyl (C=O) groups is 1. The summed E-state index contributed by atoms with van der Waals surface area (Å²) in [6, 6.07) is 0.362. The van der Waals surface area contributed by atoms with E-state index in [0.717, 1.165) is 44.4 Å². The Morgan fingerprint density at radius 2 is 2.26 bits per heavy atom. The predicted molar refractivity (Wildman–Crippen MR) is 73.0 cm³/mol. The molecule has 0 radical (unpaired) electrons. The number of methoxy groups -OCH3 is 1. The van der Waals surface area contributed by atoms with Crippen molar-refractivity contribution in [3.8, 4) is 0 Å². The summed E-state index contributed by atoms with van der Waals surface area (Å²) in [6.45, 7) is 3.96. The van der Waals surface area contributed by atoms with Crippen LogP contribution in [0.1, 0.15) is 39.0 Å². The topological polar surface area (TPSA) is 51.1 Å². The molecule has 1 unspecified atom stereocenters. The minimum absolute atomic E-state index is 0.110. The number of esters is 1. The van der Waals surface area contributed by atoms with E-state index >= 15 is 0 Å². The molecule has 19 heavy (non-hydrogen) atoms. The zero-order chi connectivity index (χ0) is 13.7. The van der Waals surface area contributed by atoms with Crippen molar-refractivity contribution in [1.29, 1.82) is 0 Å². The normalized spacial score (nSPS) is 29.2. The average Bonchev–Trinajstić information content (AvgIpc) is 3.01. The van der Waals surface area contributed by atoms with Gasteiger partial charge in [0.15, 0.2) is 0 Å². The third-order valence-corrected chi connectivity index (χ3v) is 3.86. The van der Waals surface area contributed by atoms with E-state index in [-0.39, 0.29) is 11.9 Å². The number of carbonyl (C=O) groups excluding carboxylic acids is 1. The van der Waals surface area contributed by atoms with Gasteiger partial charge in [0.2, 0.25) is 0 Å². The van der Waals surface area contributed by atoms with E-state index in [1.807, 2.05) is 6.92 Å². The van der Waals surface area contributed by atoms with Crippen molar-refractivity contribution in [3.05, 3.63) is 0 Å². The quantitative estimate of drug-likeness (QED) is 0.714. The van der Waals surface area contributed by atoms with Gasteiger partial charge in [-0.1, -0.05) is 0 Å². The Morgan fingerprint density at radius 1 is 1.42 bits per heavy atom. The van der Waals surface area contributed by atoms with Crippen LogP contribution in [0.3, 0.4) is 0 Å². The zero-order valence-electron chi connectivity index (χ0n) is 11.9. The molecule has 108 valence electrons. The molecule has 0 N–H and O–H groups in total. The summed E-state index contributed by atoms with van der Waals surface area (Å²) in [5.74, 6) is -0.231. The van der Waals surface area contributed by atoms with Gasteiger partial charge in [-0.3, -0.25) is 9.80 Å². The number of rotatable bonds is 5. The Balaban J connectivity index is 2.02. The molecular formula is C14H24N2O3. The van der Waals surface area contributed by atoms with Gasteiger partial charge >= 0.3 is 5.97 Å². The van der Waals surface area contributed by atoms with E-state index in [9.17, 15) is 4.79 Å². The first-order valence-electron chi connectivity index (χ1n) is 7.25. The van der Waals surface area contributed by atoms with Crippen molar-refractivity contribution in [2.45, 2.75) is 45.1 Å². The summed E-state index contributed by atoms with van der Waals surface area (Å²) >= 11 is 0. The highest BCUT2D eigenvalue weighted by atomic mass is 16.5. The van der Waals surface area contributed by atoms with Gasteiger partial charge in [-0.05, 0) is 39.0 Å². The summed E-state index contributed by atoms with van der Waals surface area (Å²) in [4.78, 5) is 11.9. The van der Waals surface area contributed by atoms with Gasteiger partial charge in [0.25, 0.3) is 0 Å². The molecule has 1 saturated carbocycles. The van der Waals surface area contributed by atoms with Crippen LogP contribution in [0.4, 0.5) is 0 Å². The van der Waals surface area contributed by atoms with Gasteiger partial charge in [-0.25, -0.2) is 0 Å². The highest BCUT2D eigenvalue weighted by Gasteiger charge is 2.32. The Bertz CT molecular complexity index is 344. The maximum Gasteiger partial charge on any atom is 0.314 e. The highest BCUT2D eigenvalue weighted by Crippen LogP contribution is 2.26. The lowest BCUT2D eigenvalue weighted by Gasteiger charge is -2.22. The van der Waals surface area contributed by atoms with Crippen LogP contribution >= 0.6 is 0 Å². The van der Waals surface area contributed by atoms with Crippen LogP contribution in [0.15, 0.2) is 5.10 Å². The zero-order valence-corrected chi connectivity index (χ0v) is 11.9. The lowest BCUT2D eigenvalue weighted by molar-refractivity contribution is -0.145. The number of hydrazone groups is 1. The maximum absolute atomic E-state index is 11.9. The van der Waals surface area contributed by atoms with E-state index in [0.29, 0.717) is 19.3 Å². The second-order valence-electron chi connectivity index (χ2n) is 5.20. The molecule has 2 aliphatic rings. The molecule has 2 atom stereocenters. The second kappa shape index (κ2) is 6.89. The van der Waals surface area contributed by atoms with Crippen molar-refractivity contribution in [2.75, 3.05) is 26.9 Å². The highest BCUT2D eigenvalue weighted by molar-refractivity contribution is 6.03. The summed E-state index contributed by atoms with van der Waals surface area (Å²) in [5.41, 5.74) is 1.00. The van der Waals surface area contributed by atoms with Gasteiger partial charge in [-0.15, -0.1) is 0 Å². The van der Waals surface area contributed by atoms with Crippen LogP contribution in [0.25, 0.3) is 0 Å². The molecule has 1 aliphatic carbocycles. The molecule has 1 saturated heterocycles. The van der Waals surface area contributed by atoms with E-state index in [1.54, 1.807) is 7.11 Å². The minimum Gasteiger partial charge on any atom is -0.465 e. The molecule has 0 aromatic carbocycles. The van der Waals surface area contributed by atoms with Gasteiger partial charge in [0.1, 0.15) is 0 Å². The SMILES string of the molecule is CCOC(=O)C1CCC/C1=N\N1CCC[C@@H]1COC. The van der Waals surface area contributed by atoms with Gasteiger partial charge in [0, 0.05) is 13.7 Å². The Labute approximate surface area is 114 Å². The van der Waals surface area contributed by atoms with Crippen molar-refractivity contribution >= 4 is 11.7 Å². The first-order chi connectivity index (χ1) is 9.26. The molecule has 1 heterocycles. The standard InChI is InChI=1S/C14H24N2O3/c1-3-19-14(17)12-7-4-8-13(12)15-16-9-5-6-11(16)10-18-2/h11-12H,3-10H2,1-2H3/b15-13+/t11-,12?/m1/s1. The van der Waals surface area contributed by atoms with Crippen molar-refractivity contribution in [3.63, 3.8) is 0 Å². The monoisotopic (exact) mass is 268 g/mol. The molecule has 0 bridgehead atoms. The molecule has 5 nitrogen and oxygen atoms in total. The minimum atomic E-state index is -0.122. The van der Waals surface area contributed by atoms with Gasteiger partial charge in [-0.2, -0.15) is 5.10 Å². The number of hydrogen-bond acceptors (Lipinski definition) is 5. The molecule has 1 aliphatic heterocycles. The lowest BCUT2D eigenvalue weighted by Crippen LogP contribution is -2.31. The third kappa shape index (κ3) is 3.47. The molecular weight excluding hydrogens is 244 g/mol. The van der Waals surface area contributed by atoms with E-state index in [2.05, 4.69) is 5.01 Å². The maximum atomic E-state index is 11.9. The van der Waals surface area contributed by atoms with E-state index in [4.69, 9.17) is 14.6 Å². The van der Waals surface area contributed by atoms with E-state index in [1.165, 1.54) is 0 Å². The first-order valence-corrected chi connectivity index (χ1v) is 7.25. The smallest absolute Gasteiger partial charge is 0.314 e. The predicted octanol–water partition coefficient (Wildman–Crippen LogP) is 1.82. The molecule has 0 spiro atoms. The molecule has 0 aromatic heterocycles. The van der Waals surface area contributed by atoms with Crippen molar-refractivity contribution in [1.82, 2.24) is 5.01 Å². The van der Waals surface area contributed by atoms with Gasteiger partial charge < -0.3 is 9.47 Å². The molecule has 0 amide bonds. The Hall–Kier alpha value is -1.10. The van der Waals surface area contributed by atoms with Crippen LogP contribution in [0.5, 0.6) is 0 Å². The molecule has 2 rings (SSSR count). The lowest BCUT2D eigenvalue weighted by atomic mass is 10.1. The van der Waals surface area contributed by atoms with Crippen LogP contribution in [0.2, 0.25) is 0 Å². The summed E-state index contributed by atoms with van der Waals surface area (Å²) < 4.78 is 10.4. The van der Waals surface area contributed by atoms with Crippen molar-refractivity contribution in [2.24, 2.45) is 11.0 Å². The van der Waals surface area contributed by atoms with Crippen LogP contribution < -0.4 is 0 Å². The Kier molecular flexibility index (Phi) is 5.19. The number of ether oxygens (including phenoxy) is 2. The summed E-state index contributed by atoms with van der Waals surface area (Å²) in [7, 11) is 1.72. The number of nitrogens with zero attached hydrogens (tertiary/aromatic N) is 2. The van der Waals surface area contributed by atoms with Crippen LogP contribution in [-0.4, -0.2) is 49.6 Å². The van der Waals surface area contributed by atoms with Crippen LogP contribution in [-0.2, 0) is 14.3 Å². The third-order valence-electron chi connectivity index (χ3n) is 3.86. The second-order valence-corrected chi connectivity index (χ2v) is 5.20. The fourth-order valence-electron chi connectivity index (χ4n) is 2.92. The molecule has 5 heteroatoms. The fourth-order valence-corrected chi connectivity index (χ4v) is 2.92. The Morgan fingerprint density at radius 3 is 3.00 bits per heavy atom. The van der Waals surface area contributed by atoms with Crippen LogP contribution in [0, 0.1) is 5.92 Å². The molecule has 2 fully saturated rings. The van der Waals surface area contributed by atoms with Gasteiger partial charge in [0.05, 0.1) is 30.9 Å². The van der Waals surface area contributed by atoms with E-state index < -0.39 is 0 Å². The summed E-state index contributed by atoms with van der Waals surface area (Å²) in [5, 5.41) is 6.84. The largest absolute Gasteiger partial charge is 0.465 e. The van der Waals surface area contributed by atoms with Crippen molar-refractivity contribution < 1.29 is 14.3 Å². The average molecular weight is 268 g/mol.